The van der Waals surface area contributed by atoms with Crippen molar-refractivity contribution in [2.24, 2.45) is 0 Å². The molecule has 0 saturated carbocycles. The topological polar surface area (TPSA) is 83.5 Å². The summed E-state index contributed by atoms with van der Waals surface area (Å²) < 4.78 is 25.2. The van der Waals surface area contributed by atoms with Gasteiger partial charge < -0.3 is 10.4 Å². The van der Waals surface area contributed by atoms with Crippen LogP contribution in [0.4, 0.5) is 4.39 Å². The van der Waals surface area contributed by atoms with Crippen LogP contribution in [0.15, 0.2) is 23.1 Å². The first-order valence-corrected chi connectivity index (χ1v) is 7.37. The van der Waals surface area contributed by atoms with Crippen LogP contribution in [0.2, 0.25) is 0 Å². The molecular formula is C13H16FNO4S. The van der Waals surface area contributed by atoms with Gasteiger partial charge in [0.2, 0.25) is 5.91 Å². The molecule has 1 amide bonds. The Morgan fingerprint density at radius 1 is 1.45 bits per heavy atom. The summed E-state index contributed by atoms with van der Waals surface area (Å²) >= 11 is 0. The number of benzene rings is 1. The molecule has 5 nitrogen and oxygen atoms in total. The average Bonchev–Trinajstić information content (AvgIpc) is 2.38. The minimum Gasteiger partial charge on any atom is -0.478 e. The predicted molar refractivity (Wildman–Crippen MR) is 72.5 cm³/mol. The molecule has 0 aliphatic rings. The van der Waals surface area contributed by atoms with Crippen LogP contribution in [0.5, 0.6) is 0 Å². The van der Waals surface area contributed by atoms with Gasteiger partial charge in [0.1, 0.15) is 11.6 Å². The summed E-state index contributed by atoms with van der Waals surface area (Å²) in [5, 5.41) is 11.4. The Balaban J connectivity index is 2.80. The molecule has 2 unspecified atom stereocenters. The fourth-order valence-electron chi connectivity index (χ4n) is 1.43. The number of carbonyl (C=O) groups excluding carboxylic acids is 1. The lowest BCUT2D eigenvalue weighted by atomic mass is 10.2. The van der Waals surface area contributed by atoms with E-state index in [2.05, 4.69) is 5.32 Å². The molecule has 2 atom stereocenters. The Morgan fingerprint density at radius 2 is 2.10 bits per heavy atom. The van der Waals surface area contributed by atoms with Crippen LogP contribution in [0.1, 0.15) is 30.6 Å². The molecule has 0 aliphatic carbocycles. The molecule has 7 heteroatoms. The molecule has 0 aromatic heterocycles. The normalized spacial score (nSPS) is 13.6. The van der Waals surface area contributed by atoms with E-state index >= 15 is 0 Å². The first-order chi connectivity index (χ1) is 9.35. The van der Waals surface area contributed by atoms with Gasteiger partial charge in [-0.25, -0.2) is 9.18 Å². The number of nitrogens with one attached hydrogen (secondary N) is 1. The Labute approximate surface area is 118 Å². The monoisotopic (exact) mass is 301 g/mol. The summed E-state index contributed by atoms with van der Waals surface area (Å²) in [7, 11) is -1.71. The number of carboxylic acids is 1. The molecule has 0 radical (unpaired) electrons. The van der Waals surface area contributed by atoms with E-state index in [1.165, 1.54) is 6.07 Å². The van der Waals surface area contributed by atoms with Gasteiger partial charge in [-0.1, -0.05) is 6.92 Å². The number of hydrogen-bond acceptors (Lipinski definition) is 3. The number of carboxylic acid groups (broad SMARTS) is 1. The van der Waals surface area contributed by atoms with Crippen LogP contribution in [0.3, 0.4) is 0 Å². The second kappa shape index (κ2) is 7.14. The third-order valence-corrected chi connectivity index (χ3v) is 4.02. The van der Waals surface area contributed by atoms with Crippen LogP contribution in [0, 0.1) is 5.82 Å². The Bertz CT molecular complexity index is 547. The minimum absolute atomic E-state index is 0.0256. The van der Waals surface area contributed by atoms with E-state index in [9.17, 15) is 18.2 Å². The smallest absolute Gasteiger partial charge is 0.338 e. The third-order valence-electron chi connectivity index (χ3n) is 2.71. The Morgan fingerprint density at radius 3 is 2.65 bits per heavy atom. The summed E-state index contributed by atoms with van der Waals surface area (Å²) in [5.74, 6) is -3.01. The first kappa shape index (κ1) is 16.3. The van der Waals surface area contributed by atoms with Crippen LogP contribution < -0.4 is 5.32 Å². The molecule has 0 saturated heterocycles. The lowest BCUT2D eigenvalue weighted by Crippen LogP contribution is -2.35. The molecule has 1 aromatic rings. The molecule has 110 valence electrons. The number of hydrogen-bond donors (Lipinski definition) is 2. The van der Waals surface area contributed by atoms with Gasteiger partial charge in [-0.2, -0.15) is 0 Å². The lowest BCUT2D eigenvalue weighted by Gasteiger charge is -2.11. The standard InChI is InChI=1S/C13H16FNO4S/c1-3-8(2)15-12(16)7-20(19)9-4-5-11(14)10(6-9)13(17)18/h4-6,8H,3,7H2,1-2H3,(H,15,16)(H,17,18). The van der Waals surface area contributed by atoms with Crippen LogP contribution in [-0.2, 0) is 15.6 Å². The summed E-state index contributed by atoms with van der Waals surface area (Å²) in [6.45, 7) is 3.72. The van der Waals surface area contributed by atoms with Crippen LogP contribution in [0.25, 0.3) is 0 Å². The van der Waals surface area contributed by atoms with Gasteiger partial charge in [-0.05, 0) is 31.5 Å². The number of carbonyl (C=O) groups is 2. The fourth-order valence-corrected chi connectivity index (χ4v) is 2.39. The zero-order valence-electron chi connectivity index (χ0n) is 11.2. The van der Waals surface area contributed by atoms with E-state index < -0.39 is 28.1 Å². The van der Waals surface area contributed by atoms with Crippen molar-refractivity contribution in [1.29, 1.82) is 0 Å². The summed E-state index contributed by atoms with van der Waals surface area (Å²) in [4.78, 5) is 22.5. The lowest BCUT2D eigenvalue weighted by molar-refractivity contribution is -0.119. The van der Waals surface area contributed by atoms with Gasteiger partial charge in [0.25, 0.3) is 0 Å². The van der Waals surface area contributed by atoms with Crippen molar-refractivity contribution < 1.29 is 23.3 Å². The van der Waals surface area contributed by atoms with Gasteiger partial charge in [-0.15, -0.1) is 0 Å². The Hall–Kier alpha value is -1.76. The van der Waals surface area contributed by atoms with E-state index in [1.54, 1.807) is 0 Å². The first-order valence-electron chi connectivity index (χ1n) is 6.05. The minimum atomic E-state index is -1.71. The van der Waals surface area contributed by atoms with Crippen molar-refractivity contribution in [2.45, 2.75) is 31.2 Å². The van der Waals surface area contributed by atoms with E-state index in [0.717, 1.165) is 18.6 Å². The number of amides is 1. The third kappa shape index (κ3) is 4.41. The van der Waals surface area contributed by atoms with E-state index in [-0.39, 0.29) is 22.6 Å². The van der Waals surface area contributed by atoms with Crippen LogP contribution in [-0.4, -0.2) is 33.0 Å². The maximum absolute atomic E-state index is 13.2. The highest BCUT2D eigenvalue weighted by molar-refractivity contribution is 7.85. The maximum Gasteiger partial charge on any atom is 0.338 e. The quantitative estimate of drug-likeness (QED) is 0.835. The van der Waals surface area contributed by atoms with Gasteiger partial charge in [0, 0.05) is 10.9 Å². The molecule has 0 fully saturated rings. The van der Waals surface area contributed by atoms with Crippen LogP contribution >= 0.6 is 0 Å². The van der Waals surface area contributed by atoms with E-state index in [4.69, 9.17) is 5.11 Å². The molecule has 0 spiro atoms. The summed E-state index contributed by atoms with van der Waals surface area (Å²) in [5.41, 5.74) is -0.557. The predicted octanol–water partition coefficient (Wildman–Crippen LogP) is 1.55. The fraction of sp³-hybridized carbons (Fsp3) is 0.385. The molecular weight excluding hydrogens is 285 g/mol. The Kier molecular flexibility index (Phi) is 5.82. The number of halogens is 1. The van der Waals surface area contributed by atoms with Gasteiger partial charge in [0.05, 0.1) is 16.4 Å². The van der Waals surface area contributed by atoms with E-state index in [1.807, 2.05) is 13.8 Å². The molecule has 0 aliphatic heterocycles. The molecule has 2 N–H and O–H groups in total. The van der Waals surface area contributed by atoms with Crippen molar-refractivity contribution in [1.82, 2.24) is 5.32 Å². The molecule has 1 aromatic carbocycles. The highest BCUT2D eigenvalue weighted by Crippen LogP contribution is 2.14. The summed E-state index contributed by atoms with van der Waals surface area (Å²) in [6, 6.07) is 3.12. The van der Waals surface area contributed by atoms with Gasteiger partial charge >= 0.3 is 5.97 Å². The maximum atomic E-state index is 13.2. The highest BCUT2D eigenvalue weighted by Gasteiger charge is 2.16. The second-order valence-corrected chi connectivity index (χ2v) is 5.76. The number of aromatic carboxylic acids is 1. The highest BCUT2D eigenvalue weighted by atomic mass is 32.2. The van der Waals surface area contributed by atoms with Crippen molar-refractivity contribution in [3.8, 4) is 0 Å². The SMILES string of the molecule is CCC(C)NC(=O)CS(=O)c1ccc(F)c(C(=O)O)c1. The van der Waals surface area contributed by atoms with Crippen molar-refractivity contribution in [2.75, 3.05) is 5.75 Å². The van der Waals surface area contributed by atoms with Crippen molar-refractivity contribution >= 4 is 22.7 Å². The van der Waals surface area contributed by atoms with Crippen molar-refractivity contribution in [3.63, 3.8) is 0 Å². The average molecular weight is 301 g/mol. The molecule has 1 rings (SSSR count). The summed E-state index contributed by atoms with van der Waals surface area (Å²) in [6.07, 6.45) is 0.748. The van der Waals surface area contributed by atoms with E-state index in [0.29, 0.717) is 0 Å². The van der Waals surface area contributed by atoms with Crippen molar-refractivity contribution in [3.05, 3.63) is 29.6 Å². The molecule has 0 heterocycles. The van der Waals surface area contributed by atoms with Gasteiger partial charge in [-0.3, -0.25) is 9.00 Å². The number of rotatable bonds is 6. The molecule has 20 heavy (non-hydrogen) atoms. The largest absolute Gasteiger partial charge is 0.478 e. The second-order valence-electron chi connectivity index (χ2n) is 4.31. The molecule has 0 bridgehead atoms. The zero-order valence-corrected chi connectivity index (χ0v) is 12.0. The van der Waals surface area contributed by atoms with Gasteiger partial charge in [0.15, 0.2) is 0 Å². The zero-order chi connectivity index (χ0) is 15.3.